The van der Waals surface area contributed by atoms with Crippen LogP contribution in [0.1, 0.15) is 28.0 Å². The monoisotopic (exact) mass is 382 g/mol. The molecule has 4 rings (SSSR count). The molecule has 1 spiro atoms. The summed E-state index contributed by atoms with van der Waals surface area (Å²) < 4.78 is 29.2. The van der Waals surface area contributed by atoms with E-state index in [2.05, 4.69) is 15.3 Å². The van der Waals surface area contributed by atoms with Gasteiger partial charge in [0.05, 0.1) is 17.7 Å². The second-order valence-corrected chi connectivity index (χ2v) is 6.72. The molecule has 0 bridgehead atoms. The summed E-state index contributed by atoms with van der Waals surface area (Å²) in [7, 11) is 0. The Hall–Kier alpha value is -3.54. The number of pyridine rings is 1. The molecule has 3 N–H and O–H groups in total. The summed E-state index contributed by atoms with van der Waals surface area (Å²) in [6, 6.07) is 9.19. The number of aromatic nitrogens is 1. The van der Waals surface area contributed by atoms with E-state index in [0.29, 0.717) is 5.69 Å². The maximum Gasteiger partial charge on any atom is 0.255 e. The fourth-order valence-electron chi connectivity index (χ4n) is 3.54. The highest BCUT2D eigenvalue weighted by molar-refractivity contribution is 6.04. The number of nitrogens with one attached hydrogen (secondary N) is 1. The quantitative estimate of drug-likeness (QED) is 0.782. The van der Waals surface area contributed by atoms with Crippen LogP contribution in [-0.2, 0) is 0 Å². The first kappa shape index (κ1) is 17.9. The van der Waals surface area contributed by atoms with Crippen molar-refractivity contribution in [3.63, 3.8) is 0 Å². The van der Waals surface area contributed by atoms with Crippen LogP contribution in [0.15, 0.2) is 41.5 Å². The molecular weight excluding hydrogens is 366 g/mol. The molecule has 1 fully saturated rings. The van der Waals surface area contributed by atoms with Gasteiger partial charge in [0.25, 0.3) is 5.91 Å². The maximum absolute atomic E-state index is 15.2. The van der Waals surface area contributed by atoms with Crippen LogP contribution in [0, 0.1) is 17.1 Å². The van der Waals surface area contributed by atoms with Gasteiger partial charge in [-0.1, -0.05) is 6.07 Å². The Bertz CT molecular complexity index is 1020. The predicted octanol–water partition coefficient (Wildman–Crippen LogP) is 1.80. The molecule has 142 valence electrons. The molecule has 2 aliphatic heterocycles. The average Bonchev–Trinajstić information content (AvgIpc) is 2.69. The van der Waals surface area contributed by atoms with Gasteiger partial charge in [0.15, 0.2) is 11.8 Å². The topological polar surface area (TPSA) is 107 Å². The third-order valence-corrected chi connectivity index (χ3v) is 5.01. The number of likely N-dealkylation sites (tertiary alicyclic amines) is 1. The molecule has 1 saturated heterocycles. The zero-order chi connectivity index (χ0) is 19.9. The smallest absolute Gasteiger partial charge is 0.255 e. The van der Waals surface area contributed by atoms with Crippen LogP contribution in [0.4, 0.5) is 14.5 Å². The highest BCUT2D eigenvalue weighted by Crippen LogP contribution is 2.36. The molecule has 2 unspecified atom stereocenters. The zero-order valence-corrected chi connectivity index (χ0v) is 14.7. The summed E-state index contributed by atoms with van der Waals surface area (Å²) in [5, 5.41) is 11.8. The highest BCUT2D eigenvalue weighted by Gasteiger charge is 2.47. The summed E-state index contributed by atoms with van der Waals surface area (Å²) in [6.45, 7) is 0.0287. The Labute approximate surface area is 159 Å². The van der Waals surface area contributed by atoms with Crippen LogP contribution in [0.2, 0.25) is 0 Å². The number of aliphatic imine (C=N–C) groups is 1. The normalized spacial score (nSPS) is 23.4. The number of benzene rings is 1. The number of carbonyl (C=O) groups excluding carboxylic acids is 1. The van der Waals surface area contributed by atoms with Gasteiger partial charge in [-0.2, -0.15) is 5.26 Å². The van der Waals surface area contributed by atoms with Gasteiger partial charge in [-0.3, -0.25) is 4.79 Å². The van der Waals surface area contributed by atoms with Crippen molar-refractivity contribution in [2.24, 2.45) is 10.7 Å². The Morgan fingerprint density at radius 3 is 2.89 bits per heavy atom. The summed E-state index contributed by atoms with van der Waals surface area (Å²) in [5.74, 6) is -0.975. The standard InChI is InChI=1S/C19H16F2N6O/c20-13-2-1-3-14-16(13)17(23)26-19(25-14)6-7-27(10-15(19)21)18(28)11-4-5-12(8-22)24-9-11/h1-5,9,15,25H,6-7,10H2,(H2,23,26). The molecule has 1 amide bonds. The zero-order valence-electron chi connectivity index (χ0n) is 14.7. The second kappa shape index (κ2) is 6.56. The lowest BCUT2D eigenvalue weighted by Gasteiger charge is -2.44. The van der Waals surface area contributed by atoms with E-state index >= 15 is 4.39 Å². The van der Waals surface area contributed by atoms with Crippen LogP contribution in [-0.4, -0.2) is 46.6 Å². The van der Waals surface area contributed by atoms with Crippen molar-refractivity contribution in [2.45, 2.75) is 18.3 Å². The largest absolute Gasteiger partial charge is 0.383 e. The van der Waals surface area contributed by atoms with E-state index in [-0.39, 0.29) is 48.1 Å². The summed E-state index contributed by atoms with van der Waals surface area (Å²) >= 11 is 0. The Balaban J connectivity index is 1.55. The molecular formula is C19H16F2N6O. The molecule has 28 heavy (non-hydrogen) atoms. The fraction of sp³-hybridized carbons (Fsp3) is 0.263. The van der Waals surface area contributed by atoms with Gasteiger partial charge in [-0.25, -0.2) is 18.8 Å². The maximum atomic E-state index is 15.2. The van der Waals surface area contributed by atoms with Gasteiger partial charge in [0.2, 0.25) is 0 Å². The van der Waals surface area contributed by atoms with Crippen molar-refractivity contribution in [3.05, 3.63) is 59.2 Å². The molecule has 0 radical (unpaired) electrons. The van der Waals surface area contributed by atoms with Crippen molar-refractivity contribution in [3.8, 4) is 6.07 Å². The third-order valence-electron chi connectivity index (χ3n) is 5.01. The van der Waals surface area contributed by atoms with E-state index in [1.807, 2.05) is 6.07 Å². The lowest BCUT2D eigenvalue weighted by molar-refractivity contribution is 0.0494. The summed E-state index contributed by atoms with van der Waals surface area (Å²) in [5.41, 5.74) is 5.55. The van der Waals surface area contributed by atoms with Gasteiger partial charge in [-0.15, -0.1) is 0 Å². The number of hydrogen-bond acceptors (Lipinski definition) is 6. The van der Waals surface area contributed by atoms with Crippen molar-refractivity contribution < 1.29 is 13.6 Å². The molecule has 2 atom stereocenters. The summed E-state index contributed by atoms with van der Waals surface area (Å²) in [6.07, 6.45) is -0.0845. The number of hydrogen-bond donors (Lipinski definition) is 2. The lowest BCUT2D eigenvalue weighted by Crippen LogP contribution is -2.59. The number of amidine groups is 1. The van der Waals surface area contributed by atoms with Gasteiger partial charge < -0.3 is 16.0 Å². The van der Waals surface area contributed by atoms with Gasteiger partial charge >= 0.3 is 0 Å². The number of nitriles is 1. The van der Waals surface area contributed by atoms with Crippen molar-refractivity contribution >= 4 is 17.4 Å². The number of amides is 1. The highest BCUT2D eigenvalue weighted by atomic mass is 19.1. The number of nitrogens with zero attached hydrogens (tertiary/aromatic N) is 4. The molecule has 3 heterocycles. The minimum Gasteiger partial charge on any atom is -0.383 e. The van der Waals surface area contributed by atoms with Crippen LogP contribution in [0.3, 0.4) is 0 Å². The minimum absolute atomic E-state index is 0.0643. The van der Waals surface area contributed by atoms with E-state index in [4.69, 9.17) is 11.0 Å². The number of fused-ring (bicyclic) bond motifs is 1. The predicted molar refractivity (Wildman–Crippen MR) is 97.8 cm³/mol. The number of piperidine rings is 1. The van der Waals surface area contributed by atoms with Crippen molar-refractivity contribution in [1.29, 1.82) is 5.26 Å². The second-order valence-electron chi connectivity index (χ2n) is 6.72. The Morgan fingerprint density at radius 1 is 1.39 bits per heavy atom. The first-order valence-electron chi connectivity index (χ1n) is 8.65. The molecule has 7 nitrogen and oxygen atoms in total. The molecule has 2 aliphatic rings. The number of anilines is 1. The van der Waals surface area contributed by atoms with E-state index in [9.17, 15) is 9.18 Å². The number of carbonyl (C=O) groups is 1. The number of halogens is 2. The molecule has 0 aliphatic carbocycles. The Kier molecular flexibility index (Phi) is 4.19. The van der Waals surface area contributed by atoms with Crippen molar-refractivity contribution in [2.75, 3.05) is 18.4 Å². The number of alkyl halides is 1. The van der Waals surface area contributed by atoms with Gasteiger partial charge in [0.1, 0.15) is 23.4 Å². The molecule has 2 aromatic rings. The SMILES string of the molecule is N#Cc1ccc(C(=O)N2CCC3(N=C(N)c4c(F)cccc4N3)C(F)C2)cn1. The number of rotatable bonds is 1. The van der Waals surface area contributed by atoms with E-state index < -0.39 is 17.7 Å². The average molecular weight is 382 g/mol. The minimum atomic E-state index is -1.55. The fourth-order valence-corrected chi connectivity index (χ4v) is 3.54. The molecule has 1 aromatic heterocycles. The van der Waals surface area contributed by atoms with Crippen LogP contribution in [0.5, 0.6) is 0 Å². The first-order valence-corrected chi connectivity index (χ1v) is 8.65. The lowest BCUT2D eigenvalue weighted by atomic mass is 9.91. The van der Waals surface area contributed by atoms with Gasteiger partial charge in [0, 0.05) is 24.8 Å². The van der Waals surface area contributed by atoms with E-state index in [0.717, 1.165) is 0 Å². The van der Waals surface area contributed by atoms with Gasteiger partial charge in [-0.05, 0) is 24.3 Å². The number of nitrogens with two attached hydrogens (primary N) is 1. The van der Waals surface area contributed by atoms with Crippen LogP contribution >= 0.6 is 0 Å². The van der Waals surface area contributed by atoms with E-state index in [1.165, 1.54) is 35.4 Å². The summed E-state index contributed by atoms with van der Waals surface area (Å²) in [4.78, 5) is 22.1. The van der Waals surface area contributed by atoms with Crippen LogP contribution < -0.4 is 11.1 Å². The molecule has 9 heteroatoms. The molecule has 0 saturated carbocycles. The van der Waals surface area contributed by atoms with Crippen molar-refractivity contribution in [1.82, 2.24) is 9.88 Å². The molecule has 1 aromatic carbocycles. The third kappa shape index (κ3) is 2.83. The van der Waals surface area contributed by atoms with E-state index in [1.54, 1.807) is 6.07 Å². The first-order chi connectivity index (χ1) is 13.4. The van der Waals surface area contributed by atoms with Crippen LogP contribution in [0.25, 0.3) is 0 Å². The Morgan fingerprint density at radius 2 is 2.21 bits per heavy atom.